The average molecular weight is 279 g/mol. The predicted octanol–water partition coefficient (Wildman–Crippen LogP) is 3.25. The molecule has 3 aromatic rings. The predicted molar refractivity (Wildman–Crippen MR) is 67.9 cm³/mol. The van der Waals surface area contributed by atoms with Crippen LogP contribution < -0.4 is 4.74 Å². The fourth-order valence-electron chi connectivity index (χ4n) is 1.66. The Morgan fingerprint density at radius 2 is 2.16 bits per heavy atom. The number of rotatable bonds is 2. The molecule has 1 aromatic carbocycles. The van der Waals surface area contributed by atoms with E-state index in [1.807, 2.05) is 0 Å². The van der Waals surface area contributed by atoms with Gasteiger partial charge >= 0.3 is 0 Å². The van der Waals surface area contributed by atoms with Crippen LogP contribution in [0.4, 0.5) is 4.39 Å². The van der Waals surface area contributed by atoms with E-state index in [9.17, 15) is 4.39 Å². The van der Waals surface area contributed by atoms with Gasteiger partial charge in [0.2, 0.25) is 11.2 Å². The van der Waals surface area contributed by atoms with Gasteiger partial charge in [0, 0.05) is 0 Å². The second-order valence-corrected chi connectivity index (χ2v) is 4.26. The fourth-order valence-corrected chi connectivity index (χ4v) is 1.82. The summed E-state index contributed by atoms with van der Waals surface area (Å²) < 4.78 is 19.4. The minimum Gasteiger partial charge on any atom is -0.435 e. The molecule has 0 amide bonds. The second kappa shape index (κ2) is 4.47. The Morgan fingerprint density at radius 3 is 3.00 bits per heavy atom. The number of hydrogen-bond acceptors (Lipinski definition) is 4. The summed E-state index contributed by atoms with van der Waals surface area (Å²) in [6.07, 6.45) is 1.49. The maximum atomic E-state index is 13.9. The molecular weight excluding hydrogens is 271 g/mol. The summed E-state index contributed by atoms with van der Waals surface area (Å²) in [5.41, 5.74) is 0.921. The number of nitrogens with zero attached hydrogens (tertiary/aromatic N) is 3. The van der Waals surface area contributed by atoms with Crippen LogP contribution in [0.1, 0.15) is 5.56 Å². The Hall–Kier alpha value is -2.21. The van der Waals surface area contributed by atoms with E-state index in [1.165, 1.54) is 12.3 Å². The van der Waals surface area contributed by atoms with Crippen molar-refractivity contribution in [3.63, 3.8) is 0 Å². The molecule has 0 fully saturated rings. The van der Waals surface area contributed by atoms with Crippen LogP contribution in [0.25, 0.3) is 11.0 Å². The molecule has 5 nitrogen and oxygen atoms in total. The van der Waals surface area contributed by atoms with E-state index in [4.69, 9.17) is 16.3 Å². The Balaban J connectivity index is 2.10. The van der Waals surface area contributed by atoms with Crippen molar-refractivity contribution >= 4 is 22.6 Å². The van der Waals surface area contributed by atoms with Crippen molar-refractivity contribution in [3.8, 4) is 11.6 Å². The Labute approximate surface area is 112 Å². The van der Waals surface area contributed by atoms with E-state index in [1.54, 1.807) is 19.1 Å². The van der Waals surface area contributed by atoms with E-state index in [2.05, 4.69) is 20.2 Å². The molecular formula is C12H8ClFN4O. The van der Waals surface area contributed by atoms with Crippen LogP contribution in [0.3, 0.4) is 0 Å². The molecule has 0 aliphatic heterocycles. The topological polar surface area (TPSA) is 63.7 Å². The molecule has 0 atom stereocenters. The van der Waals surface area contributed by atoms with Gasteiger partial charge in [0.05, 0.1) is 6.20 Å². The van der Waals surface area contributed by atoms with Gasteiger partial charge in [-0.15, -0.1) is 0 Å². The molecule has 3 rings (SSSR count). The van der Waals surface area contributed by atoms with Gasteiger partial charge in [0.15, 0.2) is 17.2 Å². The zero-order chi connectivity index (χ0) is 13.4. The normalized spacial score (nSPS) is 10.9. The number of aryl methyl sites for hydroxylation is 1. The molecule has 19 heavy (non-hydrogen) atoms. The van der Waals surface area contributed by atoms with Gasteiger partial charge in [0.1, 0.15) is 5.39 Å². The molecule has 1 N–H and O–H groups in total. The molecule has 96 valence electrons. The van der Waals surface area contributed by atoms with Gasteiger partial charge in [-0.25, -0.2) is 4.39 Å². The van der Waals surface area contributed by atoms with Crippen molar-refractivity contribution < 1.29 is 9.13 Å². The third kappa shape index (κ3) is 2.10. The minimum absolute atomic E-state index is 0.000175. The molecule has 0 radical (unpaired) electrons. The first-order valence-corrected chi connectivity index (χ1v) is 5.82. The summed E-state index contributed by atoms with van der Waals surface area (Å²) in [5, 5.41) is 7.01. The first-order valence-electron chi connectivity index (χ1n) is 5.45. The highest BCUT2D eigenvalue weighted by molar-refractivity contribution is 6.28. The number of halogens is 2. The molecule has 7 heteroatoms. The van der Waals surface area contributed by atoms with Crippen LogP contribution in [0, 0.1) is 12.7 Å². The lowest BCUT2D eigenvalue weighted by Crippen LogP contribution is -1.95. The number of ether oxygens (including phenoxy) is 1. The maximum absolute atomic E-state index is 13.9. The Morgan fingerprint density at radius 1 is 1.32 bits per heavy atom. The second-order valence-electron chi connectivity index (χ2n) is 3.92. The Kier molecular flexibility index (Phi) is 2.79. The van der Waals surface area contributed by atoms with Crippen LogP contribution in [0.5, 0.6) is 11.6 Å². The molecule has 0 spiro atoms. The van der Waals surface area contributed by atoms with Crippen LogP contribution in [-0.2, 0) is 0 Å². The van der Waals surface area contributed by atoms with Gasteiger partial charge in [-0.2, -0.15) is 15.1 Å². The number of hydrogen-bond donors (Lipinski definition) is 1. The van der Waals surface area contributed by atoms with Crippen LogP contribution >= 0.6 is 11.6 Å². The van der Waals surface area contributed by atoms with Crippen molar-refractivity contribution in [1.82, 2.24) is 20.2 Å². The monoisotopic (exact) mass is 278 g/mol. The molecule has 2 heterocycles. The number of aromatic amines is 1. The summed E-state index contributed by atoms with van der Waals surface area (Å²) in [6, 6.07) is 4.87. The average Bonchev–Trinajstić information content (AvgIpc) is 2.83. The number of H-pyrrole nitrogens is 1. The minimum atomic E-state index is -0.436. The van der Waals surface area contributed by atoms with Gasteiger partial charge < -0.3 is 4.74 Å². The summed E-state index contributed by atoms with van der Waals surface area (Å²) in [7, 11) is 0. The van der Waals surface area contributed by atoms with Crippen LogP contribution in [0.15, 0.2) is 24.4 Å². The van der Waals surface area contributed by atoms with Crippen molar-refractivity contribution in [2.24, 2.45) is 0 Å². The van der Waals surface area contributed by atoms with Crippen LogP contribution in [-0.4, -0.2) is 20.2 Å². The molecule has 0 saturated heterocycles. The zero-order valence-corrected chi connectivity index (χ0v) is 10.6. The maximum Gasteiger partial charge on any atom is 0.234 e. The van der Waals surface area contributed by atoms with Crippen molar-refractivity contribution in [2.75, 3.05) is 0 Å². The van der Waals surface area contributed by atoms with Crippen LogP contribution in [0.2, 0.25) is 5.28 Å². The highest BCUT2D eigenvalue weighted by Gasteiger charge is 2.13. The zero-order valence-electron chi connectivity index (χ0n) is 9.82. The third-order valence-electron chi connectivity index (χ3n) is 2.61. The largest absolute Gasteiger partial charge is 0.435 e. The molecule has 0 aliphatic rings. The first kappa shape index (κ1) is 11.9. The fraction of sp³-hybridized carbons (Fsp3) is 0.0833. The van der Waals surface area contributed by atoms with Gasteiger partial charge in [-0.3, -0.25) is 5.10 Å². The highest BCUT2D eigenvalue weighted by atomic mass is 35.5. The van der Waals surface area contributed by atoms with Crippen molar-refractivity contribution in [3.05, 3.63) is 41.1 Å². The quantitative estimate of drug-likeness (QED) is 0.731. The molecule has 0 saturated carbocycles. The van der Waals surface area contributed by atoms with Crippen molar-refractivity contribution in [1.29, 1.82) is 0 Å². The molecule has 0 bridgehead atoms. The lowest BCUT2D eigenvalue weighted by molar-refractivity contribution is 0.429. The molecule has 0 aliphatic carbocycles. The lowest BCUT2D eigenvalue weighted by atomic mass is 10.2. The number of nitrogens with one attached hydrogen (secondary N) is 1. The molecule has 0 unspecified atom stereocenters. The Bertz CT molecular complexity index is 759. The highest BCUT2D eigenvalue weighted by Crippen LogP contribution is 2.29. The van der Waals surface area contributed by atoms with Gasteiger partial charge in [0.25, 0.3) is 0 Å². The van der Waals surface area contributed by atoms with E-state index in [0.717, 1.165) is 0 Å². The summed E-state index contributed by atoms with van der Waals surface area (Å²) in [4.78, 5) is 7.89. The molecule has 2 aromatic heterocycles. The van der Waals surface area contributed by atoms with E-state index < -0.39 is 5.82 Å². The van der Waals surface area contributed by atoms with Gasteiger partial charge in [-0.05, 0) is 30.2 Å². The first-order chi connectivity index (χ1) is 9.15. The number of benzene rings is 1. The third-order valence-corrected chi connectivity index (χ3v) is 2.78. The van der Waals surface area contributed by atoms with Gasteiger partial charge in [-0.1, -0.05) is 12.1 Å². The summed E-state index contributed by atoms with van der Waals surface area (Å²) >= 11 is 5.77. The SMILES string of the molecule is Cc1cccc(Oc2nc(Cl)nc3[nH]ncc23)c1F. The summed E-state index contributed by atoms with van der Waals surface area (Å²) in [5.74, 6) is -0.195. The van der Waals surface area contributed by atoms with E-state index in [-0.39, 0.29) is 16.9 Å². The number of fused-ring (bicyclic) bond motifs is 1. The summed E-state index contributed by atoms with van der Waals surface area (Å²) in [6.45, 7) is 1.66. The van der Waals surface area contributed by atoms with Crippen molar-refractivity contribution in [2.45, 2.75) is 6.92 Å². The standard InChI is InChI=1S/C12H8ClFN4O/c1-6-3-2-4-8(9(6)14)19-11-7-5-15-18-10(7)16-12(13)17-11/h2-5H,1H3,(H,15,16,17,18). The smallest absolute Gasteiger partial charge is 0.234 e. The van der Waals surface area contributed by atoms with E-state index in [0.29, 0.717) is 16.6 Å². The lowest BCUT2D eigenvalue weighted by Gasteiger charge is -2.07. The van der Waals surface area contributed by atoms with E-state index >= 15 is 0 Å². The number of aromatic nitrogens is 4.